The number of rotatable bonds is 5. The highest BCUT2D eigenvalue weighted by molar-refractivity contribution is 6.02. The van der Waals surface area contributed by atoms with Crippen LogP contribution in [0.15, 0.2) is 42.7 Å². The Morgan fingerprint density at radius 3 is 2.30 bits per heavy atom. The zero-order valence-corrected chi connectivity index (χ0v) is 15.6. The molecule has 3 rings (SSSR count). The SMILES string of the molecule is Cc1cc(C)c(C(=O)C(C)OC(=O)c2ccc(-n3cnnn3)cc2)cc1C. The third kappa shape index (κ3) is 3.92. The van der Waals surface area contributed by atoms with E-state index in [0.29, 0.717) is 16.8 Å². The Morgan fingerprint density at radius 1 is 1.00 bits per heavy atom. The van der Waals surface area contributed by atoms with Gasteiger partial charge in [0.25, 0.3) is 0 Å². The monoisotopic (exact) mass is 364 g/mol. The van der Waals surface area contributed by atoms with E-state index in [0.717, 1.165) is 16.7 Å². The summed E-state index contributed by atoms with van der Waals surface area (Å²) in [5.74, 6) is -0.769. The smallest absolute Gasteiger partial charge is 0.338 e. The van der Waals surface area contributed by atoms with Gasteiger partial charge in [-0.1, -0.05) is 6.07 Å². The Kier molecular flexibility index (Phi) is 5.12. The zero-order valence-electron chi connectivity index (χ0n) is 15.6. The van der Waals surface area contributed by atoms with E-state index in [9.17, 15) is 9.59 Å². The second-order valence-electron chi connectivity index (χ2n) is 6.46. The Bertz CT molecular complexity index is 979. The average molecular weight is 364 g/mol. The number of ether oxygens (including phenoxy) is 1. The molecule has 0 N–H and O–H groups in total. The van der Waals surface area contributed by atoms with Gasteiger partial charge in [-0.15, -0.1) is 5.10 Å². The third-order valence-electron chi connectivity index (χ3n) is 4.48. The molecule has 0 aliphatic rings. The van der Waals surface area contributed by atoms with Crippen LogP contribution >= 0.6 is 0 Å². The molecule has 3 aromatic rings. The lowest BCUT2D eigenvalue weighted by molar-refractivity contribution is 0.0318. The first-order valence-electron chi connectivity index (χ1n) is 8.53. The van der Waals surface area contributed by atoms with Crippen LogP contribution in [-0.2, 0) is 4.74 Å². The van der Waals surface area contributed by atoms with Crippen molar-refractivity contribution in [1.82, 2.24) is 20.2 Å². The van der Waals surface area contributed by atoms with Gasteiger partial charge >= 0.3 is 5.97 Å². The fourth-order valence-corrected chi connectivity index (χ4v) is 2.76. The fourth-order valence-electron chi connectivity index (χ4n) is 2.76. The minimum absolute atomic E-state index is 0.214. The number of ketones is 1. The summed E-state index contributed by atoms with van der Waals surface area (Å²) in [6.07, 6.45) is 0.581. The lowest BCUT2D eigenvalue weighted by Crippen LogP contribution is -2.25. The van der Waals surface area contributed by atoms with Gasteiger partial charge in [0.15, 0.2) is 6.10 Å². The van der Waals surface area contributed by atoms with Gasteiger partial charge in [0, 0.05) is 5.56 Å². The molecule has 27 heavy (non-hydrogen) atoms. The van der Waals surface area contributed by atoms with E-state index >= 15 is 0 Å². The van der Waals surface area contributed by atoms with Crippen LogP contribution in [-0.4, -0.2) is 38.1 Å². The molecule has 0 aliphatic carbocycles. The van der Waals surface area contributed by atoms with E-state index < -0.39 is 12.1 Å². The molecule has 0 aliphatic heterocycles. The first-order valence-corrected chi connectivity index (χ1v) is 8.53. The molecular formula is C20H20N4O3. The van der Waals surface area contributed by atoms with E-state index in [1.54, 1.807) is 31.2 Å². The predicted molar refractivity (Wildman–Crippen MR) is 99.0 cm³/mol. The number of aryl methyl sites for hydroxylation is 3. The summed E-state index contributed by atoms with van der Waals surface area (Å²) in [6.45, 7) is 7.42. The molecule has 7 nitrogen and oxygen atoms in total. The van der Waals surface area contributed by atoms with Gasteiger partial charge in [0.1, 0.15) is 6.33 Å². The topological polar surface area (TPSA) is 87.0 Å². The number of tetrazole rings is 1. The van der Waals surface area contributed by atoms with Crippen molar-refractivity contribution in [3.63, 3.8) is 0 Å². The van der Waals surface area contributed by atoms with E-state index in [1.165, 1.54) is 11.0 Å². The summed E-state index contributed by atoms with van der Waals surface area (Å²) in [4.78, 5) is 25.1. The van der Waals surface area contributed by atoms with Gasteiger partial charge in [0.05, 0.1) is 11.3 Å². The second kappa shape index (κ2) is 7.49. The number of carbonyl (C=O) groups excluding carboxylic acids is 2. The molecule has 0 saturated heterocycles. The molecule has 1 unspecified atom stereocenters. The molecule has 138 valence electrons. The largest absolute Gasteiger partial charge is 0.451 e. The second-order valence-corrected chi connectivity index (χ2v) is 6.46. The van der Waals surface area contributed by atoms with Gasteiger partial charge < -0.3 is 4.74 Å². The molecule has 0 amide bonds. The number of Topliss-reactive ketones (excluding diaryl/α,β-unsaturated/α-hetero) is 1. The van der Waals surface area contributed by atoms with Crippen molar-refractivity contribution >= 4 is 11.8 Å². The van der Waals surface area contributed by atoms with Crippen LogP contribution in [0.4, 0.5) is 0 Å². The zero-order chi connectivity index (χ0) is 19.6. The van der Waals surface area contributed by atoms with Crippen molar-refractivity contribution in [2.24, 2.45) is 0 Å². The Balaban J connectivity index is 1.72. The van der Waals surface area contributed by atoms with Crippen molar-refractivity contribution in [3.8, 4) is 5.69 Å². The maximum Gasteiger partial charge on any atom is 0.338 e. The molecule has 0 spiro atoms. The standard InChI is InChI=1S/C20H20N4O3/c1-12-9-14(3)18(10-13(12)2)19(25)15(4)27-20(26)16-5-7-17(8-6-16)24-11-21-22-23-24/h5-11,15H,1-4H3. The average Bonchev–Trinajstić information content (AvgIpc) is 3.19. The van der Waals surface area contributed by atoms with Gasteiger partial charge in [-0.25, -0.2) is 9.48 Å². The molecular weight excluding hydrogens is 344 g/mol. The van der Waals surface area contributed by atoms with Crippen LogP contribution in [0.3, 0.4) is 0 Å². The molecule has 0 bridgehead atoms. The summed E-state index contributed by atoms with van der Waals surface area (Å²) in [5, 5.41) is 10.9. The number of carbonyl (C=O) groups is 2. The molecule has 0 radical (unpaired) electrons. The number of nitrogens with zero attached hydrogens (tertiary/aromatic N) is 4. The van der Waals surface area contributed by atoms with Crippen LogP contribution in [0, 0.1) is 20.8 Å². The number of hydrogen-bond donors (Lipinski definition) is 0. The highest BCUT2D eigenvalue weighted by Gasteiger charge is 2.22. The van der Waals surface area contributed by atoms with Crippen LogP contribution in [0.2, 0.25) is 0 Å². The number of esters is 1. The van der Waals surface area contributed by atoms with Crippen LogP contribution in [0.25, 0.3) is 5.69 Å². The molecule has 2 aromatic carbocycles. The highest BCUT2D eigenvalue weighted by Crippen LogP contribution is 2.18. The molecule has 7 heteroatoms. The van der Waals surface area contributed by atoms with Crippen molar-refractivity contribution < 1.29 is 14.3 Å². The molecule has 1 aromatic heterocycles. The van der Waals surface area contributed by atoms with E-state index in [4.69, 9.17) is 4.74 Å². The first kappa shape index (κ1) is 18.4. The van der Waals surface area contributed by atoms with E-state index in [2.05, 4.69) is 15.5 Å². The molecule has 0 saturated carbocycles. The molecule has 1 atom stereocenters. The lowest BCUT2D eigenvalue weighted by Gasteiger charge is -2.15. The number of hydrogen-bond acceptors (Lipinski definition) is 6. The minimum Gasteiger partial charge on any atom is -0.451 e. The van der Waals surface area contributed by atoms with Gasteiger partial charge in [-0.2, -0.15) is 0 Å². The molecule has 0 fully saturated rings. The Labute approximate surface area is 157 Å². The van der Waals surface area contributed by atoms with Crippen molar-refractivity contribution in [1.29, 1.82) is 0 Å². The maximum atomic E-state index is 12.7. The van der Waals surface area contributed by atoms with Crippen LogP contribution in [0.1, 0.15) is 44.3 Å². The van der Waals surface area contributed by atoms with Crippen LogP contribution in [0.5, 0.6) is 0 Å². The summed E-state index contributed by atoms with van der Waals surface area (Å²) < 4.78 is 6.85. The number of aromatic nitrogens is 4. The van der Waals surface area contributed by atoms with E-state index in [-0.39, 0.29) is 5.78 Å². The van der Waals surface area contributed by atoms with Gasteiger partial charge in [0.2, 0.25) is 5.78 Å². The normalized spacial score (nSPS) is 11.9. The Morgan fingerprint density at radius 2 is 1.67 bits per heavy atom. The number of benzene rings is 2. The molecule has 1 heterocycles. The summed E-state index contributed by atoms with van der Waals surface area (Å²) in [5.41, 5.74) is 4.66. The van der Waals surface area contributed by atoms with Crippen LogP contribution < -0.4 is 0 Å². The summed E-state index contributed by atoms with van der Waals surface area (Å²) >= 11 is 0. The summed E-state index contributed by atoms with van der Waals surface area (Å²) in [6, 6.07) is 10.4. The summed E-state index contributed by atoms with van der Waals surface area (Å²) in [7, 11) is 0. The van der Waals surface area contributed by atoms with Gasteiger partial charge in [-0.05, 0) is 85.1 Å². The van der Waals surface area contributed by atoms with Crippen molar-refractivity contribution in [2.45, 2.75) is 33.8 Å². The minimum atomic E-state index is -0.877. The Hall–Kier alpha value is -3.35. The maximum absolute atomic E-state index is 12.7. The third-order valence-corrected chi connectivity index (χ3v) is 4.48. The lowest BCUT2D eigenvalue weighted by atomic mass is 9.96. The van der Waals surface area contributed by atoms with Gasteiger partial charge in [-0.3, -0.25) is 4.79 Å². The first-order chi connectivity index (χ1) is 12.9. The van der Waals surface area contributed by atoms with Crippen molar-refractivity contribution in [2.75, 3.05) is 0 Å². The van der Waals surface area contributed by atoms with E-state index in [1.807, 2.05) is 32.9 Å². The highest BCUT2D eigenvalue weighted by atomic mass is 16.5. The predicted octanol–water partition coefficient (Wildman–Crippen LogP) is 3.02. The quantitative estimate of drug-likeness (QED) is 0.511. The van der Waals surface area contributed by atoms with Crippen molar-refractivity contribution in [3.05, 3.63) is 70.5 Å². The fraction of sp³-hybridized carbons (Fsp3) is 0.250.